The molecule has 0 aliphatic carbocycles. The Labute approximate surface area is 90.8 Å². The molecule has 0 spiro atoms. The van der Waals surface area contributed by atoms with Gasteiger partial charge in [-0.05, 0) is 13.8 Å². The lowest BCUT2D eigenvalue weighted by Gasteiger charge is -2.05. The Morgan fingerprint density at radius 1 is 1.29 bits per heavy atom. The van der Waals surface area contributed by atoms with Gasteiger partial charge in [0.05, 0.1) is 0 Å². The fourth-order valence-electron chi connectivity index (χ4n) is 1.04. The van der Waals surface area contributed by atoms with E-state index in [-0.39, 0.29) is 0 Å². The molecule has 0 aliphatic rings. The van der Waals surface area contributed by atoms with Gasteiger partial charge in [-0.3, -0.25) is 0 Å². The molecule has 0 atom stereocenters. The van der Waals surface area contributed by atoms with Crippen LogP contribution < -0.4 is 5.32 Å². The SMILES string of the molecule is CC(C)=CCNC(=S)c1ccccc1. The van der Waals surface area contributed by atoms with Crippen molar-refractivity contribution in [1.29, 1.82) is 0 Å². The number of nitrogens with one attached hydrogen (secondary N) is 1. The third kappa shape index (κ3) is 3.71. The van der Waals surface area contributed by atoms with Crippen molar-refractivity contribution >= 4 is 17.2 Å². The lowest BCUT2D eigenvalue weighted by Crippen LogP contribution is -2.22. The molecule has 1 aromatic rings. The number of thiocarbonyl (C=S) groups is 1. The highest BCUT2D eigenvalue weighted by Crippen LogP contribution is 1.99. The zero-order chi connectivity index (χ0) is 10.4. The highest BCUT2D eigenvalue weighted by molar-refractivity contribution is 7.80. The van der Waals surface area contributed by atoms with Crippen LogP contribution in [0.2, 0.25) is 0 Å². The Hall–Kier alpha value is -1.15. The van der Waals surface area contributed by atoms with Crippen molar-refractivity contribution in [2.45, 2.75) is 13.8 Å². The second-order valence-corrected chi connectivity index (χ2v) is 3.77. The molecule has 0 aromatic heterocycles. The van der Waals surface area contributed by atoms with Gasteiger partial charge in [-0.15, -0.1) is 0 Å². The fourth-order valence-corrected chi connectivity index (χ4v) is 1.26. The molecular weight excluding hydrogens is 190 g/mol. The first kappa shape index (κ1) is 10.9. The van der Waals surface area contributed by atoms with Crippen LogP contribution in [-0.2, 0) is 0 Å². The maximum Gasteiger partial charge on any atom is 0.106 e. The van der Waals surface area contributed by atoms with E-state index in [0.717, 1.165) is 17.1 Å². The van der Waals surface area contributed by atoms with Crippen molar-refractivity contribution in [3.8, 4) is 0 Å². The van der Waals surface area contributed by atoms with E-state index in [2.05, 4.69) is 25.2 Å². The molecule has 1 N–H and O–H groups in total. The molecule has 14 heavy (non-hydrogen) atoms. The van der Waals surface area contributed by atoms with Gasteiger partial charge in [0.2, 0.25) is 0 Å². The summed E-state index contributed by atoms with van der Waals surface area (Å²) in [5, 5.41) is 3.19. The van der Waals surface area contributed by atoms with Crippen LogP contribution >= 0.6 is 12.2 Å². The number of allylic oxidation sites excluding steroid dienone is 1. The van der Waals surface area contributed by atoms with Crippen molar-refractivity contribution in [3.63, 3.8) is 0 Å². The van der Waals surface area contributed by atoms with Gasteiger partial charge in [0.25, 0.3) is 0 Å². The Kier molecular flexibility index (Phi) is 4.33. The Morgan fingerprint density at radius 3 is 2.50 bits per heavy atom. The van der Waals surface area contributed by atoms with Gasteiger partial charge in [-0.1, -0.05) is 54.2 Å². The van der Waals surface area contributed by atoms with Gasteiger partial charge in [0, 0.05) is 12.1 Å². The second-order valence-electron chi connectivity index (χ2n) is 3.36. The third-order valence-corrected chi connectivity index (χ3v) is 2.19. The molecule has 0 bridgehead atoms. The van der Waals surface area contributed by atoms with E-state index in [1.807, 2.05) is 30.3 Å². The number of hydrogen-bond acceptors (Lipinski definition) is 1. The summed E-state index contributed by atoms with van der Waals surface area (Å²) in [4.78, 5) is 0.808. The predicted molar refractivity (Wildman–Crippen MR) is 65.6 cm³/mol. The van der Waals surface area contributed by atoms with Gasteiger partial charge in [-0.25, -0.2) is 0 Å². The average molecular weight is 205 g/mol. The van der Waals surface area contributed by atoms with Crippen LogP contribution in [0.3, 0.4) is 0 Å². The molecule has 1 aromatic carbocycles. The van der Waals surface area contributed by atoms with Gasteiger partial charge in [0.15, 0.2) is 0 Å². The van der Waals surface area contributed by atoms with E-state index in [0.29, 0.717) is 0 Å². The molecule has 0 heterocycles. The van der Waals surface area contributed by atoms with Gasteiger partial charge in [0.1, 0.15) is 4.99 Å². The van der Waals surface area contributed by atoms with Gasteiger partial charge in [-0.2, -0.15) is 0 Å². The molecule has 1 nitrogen and oxygen atoms in total. The fraction of sp³-hybridized carbons (Fsp3) is 0.250. The third-order valence-electron chi connectivity index (χ3n) is 1.81. The van der Waals surface area contributed by atoms with E-state index in [1.54, 1.807) is 0 Å². The summed E-state index contributed by atoms with van der Waals surface area (Å²) in [7, 11) is 0. The molecule has 0 saturated carbocycles. The Bertz CT molecular complexity index is 323. The van der Waals surface area contributed by atoms with E-state index >= 15 is 0 Å². The minimum absolute atomic E-state index is 0.802. The van der Waals surface area contributed by atoms with Crippen LogP contribution in [0.4, 0.5) is 0 Å². The molecule has 1 rings (SSSR count). The van der Waals surface area contributed by atoms with Crippen LogP contribution in [0.15, 0.2) is 42.0 Å². The van der Waals surface area contributed by atoms with E-state index < -0.39 is 0 Å². The first-order valence-electron chi connectivity index (χ1n) is 4.67. The molecule has 2 heteroatoms. The van der Waals surface area contributed by atoms with Crippen LogP contribution in [-0.4, -0.2) is 11.5 Å². The average Bonchev–Trinajstić information content (AvgIpc) is 2.18. The number of hydrogen-bond donors (Lipinski definition) is 1. The molecule has 0 saturated heterocycles. The first-order chi connectivity index (χ1) is 6.70. The van der Waals surface area contributed by atoms with Crippen molar-refractivity contribution in [3.05, 3.63) is 47.5 Å². The molecular formula is C12H15NS. The van der Waals surface area contributed by atoms with E-state index in [9.17, 15) is 0 Å². The summed E-state index contributed by atoms with van der Waals surface area (Å²) in [6, 6.07) is 9.99. The minimum atomic E-state index is 0.802. The summed E-state index contributed by atoms with van der Waals surface area (Å²) < 4.78 is 0. The van der Waals surface area contributed by atoms with Crippen LogP contribution in [0.25, 0.3) is 0 Å². The van der Waals surface area contributed by atoms with Gasteiger partial charge >= 0.3 is 0 Å². The summed E-state index contributed by atoms with van der Waals surface area (Å²) in [5.41, 5.74) is 2.37. The summed E-state index contributed by atoms with van der Waals surface area (Å²) in [5.74, 6) is 0. The van der Waals surface area contributed by atoms with E-state index in [4.69, 9.17) is 12.2 Å². The second kappa shape index (κ2) is 5.55. The molecule has 0 amide bonds. The summed E-state index contributed by atoms with van der Waals surface area (Å²) >= 11 is 5.23. The lowest BCUT2D eigenvalue weighted by molar-refractivity contribution is 1.05. The van der Waals surface area contributed by atoms with E-state index in [1.165, 1.54) is 5.57 Å². The lowest BCUT2D eigenvalue weighted by atomic mass is 10.2. The summed E-state index contributed by atoms with van der Waals surface area (Å²) in [6.07, 6.45) is 2.12. The molecule has 0 fully saturated rings. The van der Waals surface area contributed by atoms with Crippen molar-refractivity contribution < 1.29 is 0 Å². The van der Waals surface area contributed by atoms with Crippen LogP contribution in [0.1, 0.15) is 19.4 Å². The summed E-state index contributed by atoms with van der Waals surface area (Å²) in [6.45, 7) is 4.95. The Morgan fingerprint density at radius 2 is 1.93 bits per heavy atom. The Balaban J connectivity index is 2.48. The van der Waals surface area contributed by atoms with Crippen LogP contribution in [0, 0.1) is 0 Å². The largest absolute Gasteiger partial charge is 0.372 e. The molecule has 74 valence electrons. The van der Waals surface area contributed by atoms with Crippen LogP contribution in [0.5, 0.6) is 0 Å². The maximum absolute atomic E-state index is 5.23. The normalized spacial score (nSPS) is 9.29. The van der Waals surface area contributed by atoms with Crippen molar-refractivity contribution in [1.82, 2.24) is 5.32 Å². The maximum atomic E-state index is 5.23. The highest BCUT2D eigenvalue weighted by Gasteiger charge is 1.96. The quantitative estimate of drug-likeness (QED) is 0.601. The monoisotopic (exact) mass is 205 g/mol. The zero-order valence-corrected chi connectivity index (χ0v) is 9.40. The smallest absolute Gasteiger partial charge is 0.106 e. The number of benzene rings is 1. The standard InChI is InChI=1S/C12H15NS/c1-10(2)8-9-13-12(14)11-6-4-3-5-7-11/h3-8H,9H2,1-2H3,(H,13,14). The predicted octanol–water partition coefficient (Wildman–Crippen LogP) is 2.92. The topological polar surface area (TPSA) is 12.0 Å². The van der Waals surface area contributed by atoms with Crippen molar-refractivity contribution in [2.75, 3.05) is 6.54 Å². The molecule has 0 radical (unpaired) electrons. The molecule has 0 unspecified atom stereocenters. The molecule has 0 aliphatic heterocycles. The minimum Gasteiger partial charge on any atom is -0.372 e. The first-order valence-corrected chi connectivity index (χ1v) is 5.07. The highest BCUT2D eigenvalue weighted by atomic mass is 32.1. The van der Waals surface area contributed by atoms with Crippen molar-refractivity contribution in [2.24, 2.45) is 0 Å². The number of rotatable bonds is 3. The van der Waals surface area contributed by atoms with Gasteiger partial charge < -0.3 is 5.32 Å². The zero-order valence-electron chi connectivity index (χ0n) is 8.58.